The van der Waals surface area contributed by atoms with Crippen molar-refractivity contribution in [3.63, 3.8) is 0 Å². The van der Waals surface area contributed by atoms with Crippen LogP contribution in [0.2, 0.25) is 0 Å². The first-order valence-electron chi connectivity index (χ1n) is 5.15. The normalized spacial score (nSPS) is 16.5. The molecule has 0 unspecified atom stereocenters. The van der Waals surface area contributed by atoms with Crippen molar-refractivity contribution in [1.82, 2.24) is 4.90 Å². The Kier molecular flexibility index (Phi) is 2.89. The van der Waals surface area contributed by atoms with Gasteiger partial charge in [0.15, 0.2) is 0 Å². The number of aliphatic hydroxyl groups excluding tert-OH is 1. The summed E-state index contributed by atoms with van der Waals surface area (Å²) in [5.41, 5.74) is 0. The number of hydrogen-bond donors (Lipinski definition) is 1. The molecule has 1 fully saturated rings. The van der Waals surface area contributed by atoms with E-state index < -0.39 is 0 Å². The van der Waals surface area contributed by atoms with Crippen molar-refractivity contribution in [2.75, 3.05) is 13.6 Å². The van der Waals surface area contributed by atoms with Gasteiger partial charge in [-0.3, -0.25) is 4.90 Å². The van der Waals surface area contributed by atoms with E-state index in [9.17, 15) is 0 Å². The molecule has 0 spiro atoms. The van der Waals surface area contributed by atoms with Crippen LogP contribution in [-0.4, -0.2) is 23.6 Å². The molecule has 1 aliphatic rings. The van der Waals surface area contributed by atoms with Gasteiger partial charge in [0.2, 0.25) is 0 Å². The van der Waals surface area contributed by atoms with Gasteiger partial charge in [0.05, 0.1) is 6.54 Å². The highest BCUT2D eigenvalue weighted by atomic mass is 16.4. The van der Waals surface area contributed by atoms with E-state index in [1.54, 1.807) is 0 Å². The first kappa shape index (κ1) is 9.74. The van der Waals surface area contributed by atoms with Gasteiger partial charge in [0.25, 0.3) is 0 Å². The molecule has 78 valence electrons. The highest BCUT2D eigenvalue weighted by molar-refractivity contribution is 5.06. The van der Waals surface area contributed by atoms with Crippen molar-refractivity contribution in [1.29, 1.82) is 0 Å². The van der Waals surface area contributed by atoms with E-state index in [-0.39, 0.29) is 6.61 Å². The Bertz CT molecular complexity index is 291. The average Bonchev–Trinajstić information content (AvgIpc) is 2.83. The van der Waals surface area contributed by atoms with Crippen LogP contribution in [0.3, 0.4) is 0 Å². The summed E-state index contributed by atoms with van der Waals surface area (Å²) in [6, 6.07) is 3.77. The van der Waals surface area contributed by atoms with Crippen molar-refractivity contribution in [2.45, 2.75) is 26.0 Å². The van der Waals surface area contributed by atoms with Crippen LogP contribution >= 0.6 is 0 Å². The second kappa shape index (κ2) is 4.15. The third kappa shape index (κ3) is 2.59. The molecule has 14 heavy (non-hydrogen) atoms. The van der Waals surface area contributed by atoms with Crippen molar-refractivity contribution in [2.24, 2.45) is 5.92 Å². The van der Waals surface area contributed by atoms with Crippen molar-refractivity contribution >= 4 is 0 Å². The third-order valence-corrected chi connectivity index (χ3v) is 2.57. The van der Waals surface area contributed by atoms with Crippen LogP contribution in [-0.2, 0) is 13.2 Å². The second-order valence-electron chi connectivity index (χ2n) is 4.17. The predicted octanol–water partition coefficient (Wildman–Crippen LogP) is 1.61. The molecule has 1 N–H and O–H groups in total. The molecule has 1 aromatic heterocycles. The number of hydrogen-bond acceptors (Lipinski definition) is 3. The fourth-order valence-corrected chi connectivity index (χ4v) is 1.66. The topological polar surface area (TPSA) is 36.6 Å². The summed E-state index contributed by atoms with van der Waals surface area (Å²) in [5.74, 6) is 2.50. The Morgan fingerprint density at radius 2 is 2.14 bits per heavy atom. The summed E-state index contributed by atoms with van der Waals surface area (Å²) in [6.07, 6.45) is 2.76. The molecule has 0 aromatic carbocycles. The minimum absolute atomic E-state index is 0.00760. The molecule has 1 heterocycles. The molecule has 0 aliphatic heterocycles. The van der Waals surface area contributed by atoms with Gasteiger partial charge in [-0.2, -0.15) is 0 Å². The SMILES string of the molecule is CN(Cc1ccc(CO)o1)CC1CC1. The number of nitrogens with zero attached hydrogens (tertiary/aromatic N) is 1. The van der Waals surface area contributed by atoms with Crippen LogP contribution in [0.1, 0.15) is 24.4 Å². The fraction of sp³-hybridized carbons (Fsp3) is 0.636. The average molecular weight is 195 g/mol. The van der Waals surface area contributed by atoms with E-state index in [1.807, 2.05) is 12.1 Å². The molecule has 2 rings (SSSR count). The van der Waals surface area contributed by atoms with E-state index >= 15 is 0 Å². The van der Waals surface area contributed by atoms with Gasteiger partial charge in [0.1, 0.15) is 18.1 Å². The molecule has 1 aliphatic carbocycles. The summed E-state index contributed by atoms with van der Waals surface area (Å²) in [7, 11) is 2.11. The molecule has 3 nitrogen and oxygen atoms in total. The Morgan fingerprint density at radius 1 is 1.43 bits per heavy atom. The Balaban J connectivity index is 1.82. The zero-order valence-corrected chi connectivity index (χ0v) is 8.57. The lowest BCUT2D eigenvalue weighted by molar-refractivity contribution is 0.231. The maximum atomic E-state index is 8.83. The summed E-state index contributed by atoms with van der Waals surface area (Å²) in [6.45, 7) is 2.00. The first-order valence-corrected chi connectivity index (χ1v) is 5.15. The Morgan fingerprint density at radius 3 is 2.71 bits per heavy atom. The highest BCUT2D eigenvalue weighted by Crippen LogP contribution is 2.29. The maximum Gasteiger partial charge on any atom is 0.129 e. The van der Waals surface area contributed by atoms with Crippen LogP contribution in [0.25, 0.3) is 0 Å². The monoisotopic (exact) mass is 195 g/mol. The zero-order chi connectivity index (χ0) is 9.97. The number of aliphatic hydroxyl groups is 1. The fourth-order valence-electron chi connectivity index (χ4n) is 1.66. The van der Waals surface area contributed by atoms with Gasteiger partial charge in [0, 0.05) is 6.54 Å². The summed E-state index contributed by atoms with van der Waals surface area (Å²) in [4.78, 5) is 2.28. The lowest BCUT2D eigenvalue weighted by Crippen LogP contribution is -2.19. The Labute approximate surface area is 84.3 Å². The van der Waals surface area contributed by atoms with Gasteiger partial charge < -0.3 is 9.52 Å². The third-order valence-electron chi connectivity index (χ3n) is 2.57. The van der Waals surface area contributed by atoms with E-state index in [4.69, 9.17) is 9.52 Å². The van der Waals surface area contributed by atoms with E-state index in [1.165, 1.54) is 12.8 Å². The van der Waals surface area contributed by atoms with Crippen molar-refractivity contribution < 1.29 is 9.52 Å². The summed E-state index contributed by atoms with van der Waals surface area (Å²) in [5, 5.41) is 8.83. The van der Waals surface area contributed by atoms with Crippen molar-refractivity contribution in [3.05, 3.63) is 23.7 Å². The van der Waals surface area contributed by atoms with Crippen LogP contribution in [0.4, 0.5) is 0 Å². The highest BCUT2D eigenvalue weighted by Gasteiger charge is 2.22. The molecule has 0 bridgehead atoms. The summed E-state index contributed by atoms with van der Waals surface area (Å²) < 4.78 is 5.41. The molecule has 0 saturated heterocycles. The van der Waals surface area contributed by atoms with Gasteiger partial charge in [-0.15, -0.1) is 0 Å². The molecule has 0 atom stereocenters. The lowest BCUT2D eigenvalue weighted by atomic mass is 10.3. The van der Waals surface area contributed by atoms with Crippen molar-refractivity contribution in [3.8, 4) is 0 Å². The maximum absolute atomic E-state index is 8.83. The molecule has 1 saturated carbocycles. The second-order valence-corrected chi connectivity index (χ2v) is 4.17. The minimum Gasteiger partial charge on any atom is -0.462 e. The Hall–Kier alpha value is -0.800. The zero-order valence-electron chi connectivity index (χ0n) is 8.57. The standard InChI is InChI=1S/C11H17NO2/c1-12(6-9-2-3-9)7-10-4-5-11(8-13)14-10/h4-5,9,13H,2-3,6-8H2,1H3. The quantitative estimate of drug-likeness (QED) is 0.775. The predicted molar refractivity (Wildman–Crippen MR) is 53.7 cm³/mol. The molecular weight excluding hydrogens is 178 g/mol. The van der Waals surface area contributed by atoms with Crippen LogP contribution in [0, 0.1) is 5.92 Å². The van der Waals surface area contributed by atoms with Crippen LogP contribution in [0.5, 0.6) is 0 Å². The van der Waals surface area contributed by atoms with Gasteiger partial charge in [-0.25, -0.2) is 0 Å². The first-order chi connectivity index (χ1) is 6.78. The van der Waals surface area contributed by atoms with Crippen LogP contribution in [0.15, 0.2) is 16.5 Å². The molecule has 3 heteroatoms. The molecule has 0 amide bonds. The number of rotatable bonds is 5. The van der Waals surface area contributed by atoms with Gasteiger partial charge in [-0.05, 0) is 37.9 Å². The lowest BCUT2D eigenvalue weighted by Gasteiger charge is -2.13. The molecule has 0 radical (unpaired) electrons. The summed E-state index contributed by atoms with van der Waals surface area (Å²) >= 11 is 0. The van der Waals surface area contributed by atoms with E-state index in [0.29, 0.717) is 5.76 Å². The smallest absolute Gasteiger partial charge is 0.129 e. The molecule has 1 aromatic rings. The van der Waals surface area contributed by atoms with E-state index in [0.717, 1.165) is 24.8 Å². The van der Waals surface area contributed by atoms with Crippen LogP contribution < -0.4 is 0 Å². The van der Waals surface area contributed by atoms with E-state index in [2.05, 4.69) is 11.9 Å². The van der Waals surface area contributed by atoms with Gasteiger partial charge in [-0.1, -0.05) is 0 Å². The minimum atomic E-state index is -0.00760. The number of furan rings is 1. The van der Waals surface area contributed by atoms with Gasteiger partial charge >= 0.3 is 0 Å². The largest absolute Gasteiger partial charge is 0.462 e. The molecular formula is C11H17NO2.